The molecule has 1 aliphatic rings. The topological polar surface area (TPSA) is 58.6 Å². The molecule has 2 rings (SSSR count). The van der Waals surface area contributed by atoms with Gasteiger partial charge in [-0.3, -0.25) is 0 Å². The molecule has 1 heterocycles. The first-order valence-electron chi connectivity index (χ1n) is 7.70. The molecular formula is C15H22F2N2O3S. The molecule has 8 heteroatoms. The lowest BCUT2D eigenvalue weighted by molar-refractivity contribution is -0.0518. The Labute approximate surface area is 135 Å². The van der Waals surface area contributed by atoms with Crippen LogP contribution in [0, 0.1) is 5.92 Å². The van der Waals surface area contributed by atoms with E-state index in [1.54, 1.807) is 0 Å². The number of para-hydroxylation sites is 1. The van der Waals surface area contributed by atoms with E-state index in [1.165, 1.54) is 28.6 Å². The van der Waals surface area contributed by atoms with Gasteiger partial charge >= 0.3 is 6.61 Å². The van der Waals surface area contributed by atoms with Crippen molar-refractivity contribution >= 4 is 10.0 Å². The summed E-state index contributed by atoms with van der Waals surface area (Å²) in [5, 5.41) is 3.26. The molecule has 0 bridgehead atoms. The van der Waals surface area contributed by atoms with Crippen LogP contribution in [0.5, 0.6) is 5.75 Å². The van der Waals surface area contributed by atoms with Crippen LogP contribution in [0.3, 0.4) is 0 Å². The second-order valence-corrected chi connectivity index (χ2v) is 7.39. The van der Waals surface area contributed by atoms with Crippen molar-refractivity contribution < 1.29 is 21.9 Å². The van der Waals surface area contributed by atoms with E-state index in [1.807, 2.05) is 6.92 Å². The molecule has 0 atom stereocenters. The molecule has 0 aliphatic carbocycles. The average molecular weight is 348 g/mol. The van der Waals surface area contributed by atoms with E-state index in [4.69, 9.17) is 0 Å². The summed E-state index contributed by atoms with van der Waals surface area (Å²) in [6.07, 6.45) is 1.51. The minimum absolute atomic E-state index is 0.203. The monoisotopic (exact) mass is 348 g/mol. The van der Waals surface area contributed by atoms with Crippen molar-refractivity contribution in [2.75, 3.05) is 26.2 Å². The van der Waals surface area contributed by atoms with Crippen LogP contribution in [0.1, 0.15) is 19.8 Å². The Hall–Kier alpha value is -1.25. The first kappa shape index (κ1) is 18.1. The number of rotatable bonds is 7. The number of hydrogen-bond acceptors (Lipinski definition) is 4. The van der Waals surface area contributed by atoms with Crippen LogP contribution in [0.4, 0.5) is 8.78 Å². The number of benzene rings is 1. The van der Waals surface area contributed by atoms with Gasteiger partial charge in [0.2, 0.25) is 10.0 Å². The highest BCUT2D eigenvalue weighted by Gasteiger charge is 2.31. The van der Waals surface area contributed by atoms with Gasteiger partial charge in [0.05, 0.1) is 0 Å². The highest BCUT2D eigenvalue weighted by Crippen LogP contribution is 2.30. The molecule has 0 radical (unpaired) electrons. The average Bonchev–Trinajstić information content (AvgIpc) is 2.53. The van der Waals surface area contributed by atoms with Crippen LogP contribution in [0.15, 0.2) is 29.2 Å². The Bertz CT molecular complexity index is 602. The van der Waals surface area contributed by atoms with Crippen molar-refractivity contribution in [1.82, 2.24) is 9.62 Å². The quantitative estimate of drug-likeness (QED) is 0.821. The molecule has 5 nitrogen and oxygen atoms in total. The number of sulfonamides is 1. The maximum Gasteiger partial charge on any atom is 0.387 e. The Kier molecular flexibility index (Phi) is 6.32. The van der Waals surface area contributed by atoms with Gasteiger partial charge in [-0.15, -0.1) is 0 Å². The second kappa shape index (κ2) is 8.03. The van der Waals surface area contributed by atoms with E-state index in [2.05, 4.69) is 10.1 Å². The van der Waals surface area contributed by atoms with Crippen molar-refractivity contribution in [2.45, 2.75) is 31.3 Å². The SMILES string of the molecule is CCNCC1CCN(S(=O)(=O)c2ccccc2OC(F)F)CC1. The van der Waals surface area contributed by atoms with Gasteiger partial charge in [0.15, 0.2) is 0 Å². The Balaban J connectivity index is 2.11. The summed E-state index contributed by atoms with van der Waals surface area (Å²) in [4.78, 5) is -0.203. The van der Waals surface area contributed by atoms with Gasteiger partial charge in [0, 0.05) is 13.1 Å². The zero-order valence-corrected chi connectivity index (χ0v) is 13.9. The zero-order chi connectivity index (χ0) is 16.9. The third kappa shape index (κ3) is 4.62. The summed E-state index contributed by atoms with van der Waals surface area (Å²) in [5.74, 6) is 0.131. The smallest absolute Gasteiger partial charge is 0.387 e. The van der Waals surface area contributed by atoms with Gasteiger partial charge in [-0.2, -0.15) is 13.1 Å². The highest BCUT2D eigenvalue weighted by atomic mass is 32.2. The van der Waals surface area contributed by atoms with E-state index in [0.29, 0.717) is 19.0 Å². The van der Waals surface area contributed by atoms with Crippen LogP contribution in [-0.4, -0.2) is 45.5 Å². The van der Waals surface area contributed by atoms with Crippen molar-refractivity contribution in [3.05, 3.63) is 24.3 Å². The third-order valence-electron chi connectivity index (χ3n) is 3.94. The number of nitrogens with zero attached hydrogens (tertiary/aromatic N) is 1. The molecule has 0 spiro atoms. The van der Waals surface area contributed by atoms with Crippen molar-refractivity contribution in [3.8, 4) is 5.75 Å². The second-order valence-electron chi connectivity index (χ2n) is 5.48. The molecule has 1 saturated heterocycles. The zero-order valence-electron chi connectivity index (χ0n) is 13.0. The Morgan fingerprint density at radius 2 is 1.96 bits per heavy atom. The highest BCUT2D eigenvalue weighted by molar-refractivity contribution is 7.89. The lowest BCUT2D eigenvalue weighted by Gasteiger charge is -2.31. The normalized spacial score (nSPS) is 17.6. The van der Waals surface area contributed by atoms with Gasteiger partial charge in [-0.1, -0.05) is 19.1 Å². The van der Waals surface area contributed by atoms with Crippen LogP contribution >= 0.6 is 0 Å². The molecule has 1 aliphatic heterocycles. The molecule has 1 fully saturated rings. The number of nitrogens with one attached hydrogen (secondary N) is 1. The fraction of sp³-hybridized carbons (Fsp3) is 0.600. The first-order valence-corrected chi connectivity index (χ1v) is 9.14. The Morgan fingerprint density at radius 3 is 2.57 bits per heavy atom. The van der Waals surface area contributed by atoms with Crippen LogP contribution in [-0.2, 0) is 10.0 Å². The van der Waals surface area contributed by atoms with Crippen LogP contribution < -0.4 is 10.1 Å². The van der Waals surface area contributed by atoms with Crippen LogP contribution in [0.2, 0.25) is 0 Å². The van der Waals surface area contributed by atoms with E-state index in [9.17, 15) is 17.2 Å². The van der Waals surface area contributed by atoms with Gasteiger partial charge in [-0.25, -0.2) is 8.42 Å². The lowest BCUT2D eigenvalue weighted by Crippen LogP contribution is -2.40. The van der Waals surface area contributed by atoms with Crippen molar-refractivity contribution in [2.24, 2.45) is 5.92 Å². The number of halogens is 2. The van der Waals surface area contributed by atoms with Gasteiger partial charge < -0.3 is 10.1 Å². The standard InChI is InChI=1S/C15H22F2N2O3S/c1-2-18-11-12-7-9-19(10-8-12)23(20,21)14-6-4-3-5-13(14)22-15(16)17/h3-6,12,15,18H,2,7-11H2,1H3. The Morgan fingerprint density at radius 1 is 1.30 bits per heavy atom. The minimum atomic E-state index is -3.83. The molecular weight excluding hydrogens is 326 g/mol. The van der Waals surface area contributed by atoms with Gasteiger partial charge in [0.25, 0.3) is 0 Å². The fourth-order valence-corrected chi connectivity index (χ4v) is 4.29. The molecule has 0 aromatic heterocycles. The number of alkyl halides is 2. The predicted molar refractivity (Wildman–Crippen MR) is 83.1 cm³/mol. The van der Waals surface area contributed by atoms with E-state index >= 15 is 0 Å². The molecule has 1 aromatic carbocycles. The summed E-state index contributed by atoms with van der Waals surface area (Å²) >= 11 is 0. The summed E-state index contributed by atoms with van der Waals surface area (Å²) < 4.78 is 56.0. The molecule has 1 N–H and O–H groups in total. The molecule has 130 valence electrons. The third-order valence-corrected chi connectivity index (χ3v) is 5.88. The van der Waals surface area contributed by atoms with E-state index < -0.39 is 16.6 Å². The maximum absolute atomic E-state index is 12.7. The van der Waals surface area contributed by atoms with E-state index in [0.717, 1.165) is 25.9 Å². The first-order chi connectivity index (χ1) is 10.9. The maximum atomic E-state index is 12.7. The largest absolute Gasteiger partial charge is 0.433 e. The molecule has 23 heavy (non-hydrogen) atoms. The lowest BCUT2D eigenvalue weighted by atomic mass is 9.98. The van der Waals surface area contributed by atoms with Gasteiger partial charge in [0.1, 0.15) is 10.6 Å². The number of ether oxygens (including phenoxy) is 1. The van der Waals surface area contributed by atoms with Crippen LogP contribution in [0.25, 0.3) is 0 Å². The molecule has 0 amide bonds. The van der Waals surface area contributed by atoms with Crippen molar-refractivity contribution in [1.29, 1.82) is 0 Å². The number of hydrogen-bond donors (Lipinski definition) is 1. The molecule has 1 aromatic rings. The minimum Gasteiger partial charge on any atom is -0.433 e. The summed E-state index contributed by atoms with van der Waals surface area (Å²) in [7, 11) is -3.83. The van der Waals surface area contributed by atoms with E-state index in [-0.39, 0.29) is 10.6 Å². The summed E-state index contributed by atoms with van der Waals surface area (Å²) in [6.45, 7) is 1.51. The fourth-order valence-electron chi connectivity index (χ4n) is 2.70. The predicted octanol–water partition coefficient (Wildman–Crippen LogP) is 2.30. The van der Waals surface area contributed by atoms with Crippen molar-refractivity contribution in [3.63, 3.8) is 0 Å². The molecule has 0 unspecified atom stereocenters. The molecule has 0 saturated carbocycles. The summed E-state index contributed by atoms with van der Waals surface area (Å²) in [6, 6.07) is 5.53. The van der Waals surface area contributed by atoms with Gasteiger partial charge in [-0.05, 0) is 44.0 Å². The number of piperidine rings is 1. The summed E-state index contributed by atoms with van der Waals surface area (Å²) in [5.41, 5.74) is 0.